The third kappa shape index (κ3) is 2.71. The molecular weight excluding hydrogens is 306 g/mol. The standard InChI is InChI=1S/C18H19N3OS/c1-13-5-2-9-21-17(22)11-14(19-18(13)21)12-20-8-3-6-15(20)16-7-4-10-23-16/h2,4-5,7,9-11,15H,3,6,8,12H2,1H3/p+1/t15-/m0/s1. The van der Waals surface area contributed by atoms with Crippen LogP contribution in [0.1, 0.15) is 35.0 Å². The number of hydrogen-bond acceptors (Lipinski definition) is 3. The molecule has 0 radical (unpaired) electrons. The predicted molar refractivity (Wildman–Crippen MR) is 92.0 cm³/mol. The average Bonchev–Trinajstić information content (AvgIpc) is 3.19. The predicted octanol–water partition coefficient (Wildman–Crippen LogP) is 1.98. The van der Waals surface area contributed by atoms with Crippen molar-refractivity contribution >= 4 is 17.0 Å². The highest BCUT2D eigenvalue weighted by molar-refractivity contribution is 7.10. The molecule has 3 aromatic heterocycles. The van der Waals surface area contributed by atoms with E-state index in [1.54, 1.807) is 16.7 Å². The molecule has 1 saturated heterocycles. The highest BCUT2D eigenvalue weighted by atomic mass is 32.1. The van der Waals surface area contributed by atoms with Gasteiger partial charge in [0.05, 0.1) is 11.4 Å². The average molecular weight is 326 g/mol. The number of rotatable bonds is 3. The number of aryl methyl sites for hydroxylation is 1. The first-order valence-corrected chi connectivity index (χ1v) is 8.96. The van der Waals surface area contributed by atoms with Gasteiger partial charge in [0.15, 0.2) is 0 Å². The fourth-order valence-corrected chi connectivity index (χ4v) is 4.51. The molecule has 118 valence electrons. The maximum atomic E-state index is 12.4. The maximum absolute atomic E-state index is 12.4. The summed E-state index contributed by atoms with van der Waals surface area (Å²) in [5.41, 5.74) is 2.74. The minimum absolute atomic E-state index is 0.0139. The van der Waals surface area contributed by atoms with E-state index in [1.807, 2.05) is 30.4 Å². The molecule has 23 heavy (non-hydrogen) atoms. The molecule has 1 unspecified atom stereocenters. The van der Waals surface area contributed by atoms with Crippen LogP contribution in [0.4, 0.5) is 0 Å². The number of nitrogens with one attached hydrogen (secondary N) is 1. The normalized spacial score (nSPS) is 21.1. The van der Waals surface area contributed by atoms with Gasteiger partial charge in [0.25, 0.3) is 5.56 Å². The summed E-state index contributed by atoms with van der Waals surface area (Å²) >= 11 is 1.84. The lowest BCUT2D eigenvalue weighted by molar-refractivity contribution is -0.932. The van der Waals surface area contributed by atoms with Gasteiger partial charge < -0.3 is 4.90 Å². The number of quaternary nitrogens is 1. The Labute approximate surface area is 139 Å². The summed E-state index contributed by atoms with van der Waals surface area (Å²) in [6.45, 7) is 3.97. The van der Waals surface area contributed by atoms with Crippen LogP contribution in [0.15, 0.2) is 46.7 Å². The Morgan fingerprint density at radius 1 is 1.39 bits per heavy atom. The van der Waals surface area contributed by atoms with E-state index in [2.05, 4.69) is 17.5 Å². The molecule has 0 aliphatic carbocycles. The molecule has 0 spiro atoms. The first kappa shape index (κ1) is 14.6. The van der Waals surface area contributed by atoms with Crippen LogP contribution in [0.5, 0.6) is 0 Å². The molecule has 5 heteroatoms. The summed E-state index contributed by atoms with van der Waals surface area (Å²) in [4.78, 5) is 20.1. The van der Waals surface area contributed by atoms with Gasteiger partial charge in [-0.1, -0.05) is 12.1 Å². The van der Waals surface area contributed by atoms with E-state index >= 15 is 0 Å². The van der Waals surface area contributed by atoms with E-state index in [9.17, 15) is 4.79 Å². The maximum Gasteiger partial charge on any atom is 0.258 e. The van der Waals surface area contributed by atoms with Crippen molar-refractivity contribution in [2.24, 2.45) is 0 Å². The first-order chi connectivity index (χ1) is 11.2. The molecule has 0 bridgehead atoms. The van der Waals surface area contributed by atoms with Crippen LogP contribution in [0.2, 0.25) is 0 Å². The van der Waals surface area contributed by atoms with Gasteiger partial charge in [0.1, 0.15) is 23.9 Å². The Bertz CT molecular complexity index is 885. The van der Waals surface area contributed by atoms with Gasteiger partial charge in [-0.25, -0.2) is 4.98 Å². The molecule has 4 nitrogen and oxygen atoms in total. The molecule has 1 aliphatic rings. The Balaban J connectivity index is 1.67. The van der Waals surface area contributed by atoms with E-state index in [-0.39, 0.29) is 5.56 Å². The lowest BCUT2D eigenvalue weighted by Crippen LogP contribution is -3.08. The second kappa shape index (κ2) is 5.91. The number of likely N-dealkylation sites (tertiary alicyclic amines) is 1. The summed E-state index contributed by atoms with van der Waals surface area (Å²) in [5, 5.41) is 2.15. The van der Waals surface area contributed by atoms with E-state index in [1.165, 1.54) is 22.6 Å². The Morgan fingerprint density at radius 2 is 2.30 bits per heavy atom. The largest absolute Gasteiger partial charge is 0.323 e. The van der Waals surface area contributed by atoms with Crippen molar-refractivity contribution in [1.29, 1.82) is 0 Å². The van der Waals surface area contributed by atoms with Crippen LogP contribution in [0, 0.1) is 6.92 Å². The topological polar surface area (TPSA) is 38.8 Å². The van der Waals surface area contributed by atoms with Crippen LogP contribution in [0.25, 0.3) is 5.65 Å². The highest BCUT2D eigenvalue weighted by Gasteiger charge is 2.31. The summed E-state index contributed by atoms with van der Waals surface area (Å²) < 4.78 is 1.63. The fraction of sp³-hybridized carbons (Fsp3) is 0.333. The zero-order valence-corrected chi connectivity index (χ0v) is 14.0. The zero-order chi connectivity index (χ0) is 15.8. The number of thiophene rings is 1. The van der Waals surface area contributed by atoms with Crippen molar-refractivity contribution in [3.8, 4) is 0 Å². The molecule has 4 heterocycles. The van der Waals surface area contributed by atoms with Crippen molar-refractivity contribution < 1.29 is 4.90 Å². The van der Waals surface area contributed by atoms with Gasteiger partial charge in [-0.3, -0.25) is 9.20 Å². The minimum Gasteiger partial charge on any atom is -0.323 e. The summed E-state index contributed by atoms with van der Waals surface area (Å²) in [6.07, 6.45) is 4.25. The van der Waals surface area contributed by atoms with Crippen LogP contribution >= 0.6 is 11.3 Å². The summed E-state index contributed by atoms with van der Waals surface area (Å²) in [6, 6.07) is 10.5. The fourth-order valence-electron chi connectivity index (χ4n) is 3.59. The molecule has 0 saturated carbocycles. The number of pyridine rings is 1. The summed E-state index contributed by atoms with van der Waals surface area (Å²) in [5.74, 6) is 0. The van der Waals surface area contributed by atoms with Crippen LogP contribution in [0.3, 0.4) is 0 Å². The van der Waals surface area contributed by atoms with Crippen molar-refractivity contribution in [1.82, 2.24) is 9.38 Å². The summed E-state index contributed by atoms with van der Waals surface area (Å²) in [7, 11) is 0. The smallest absolute Gasteiger partial charge is 0.258 e. The van der Waals surface area contributed by atoms with Gasteiger partial charge >= 0.3 is 0 Å². The SMILES string of the molecule is Cc1cccn2c(=O)cc(C[NH+]3CCC[C@H]3c3cccs3)nc12. The first-order valence-electron chi connectivity index (χ1n) is 8.08. The van der Waals surface area contributed by atoms with Crippen molar-refractivity contribution in [3.63, 3.8) is 0 Å². The number of nitrogens with zero attached hydrogens (tertiary/aromatic N) is 2. The molecule has 4 rings (SSSR count). The second-order valence-electron chi connectivity index (χ2n) is 6.27. The van der Waals surface area contributed by atoms with Crippen molar-refractivity contribution in [2.45, 2.75) is 32.4 Å². The molecule has 2 atom stereocenters. The number of aromatic nitrogens is 2. The molecule has 1 fully saturated rings. The van der Waals surface area contributed by atoms with Gasteiger partial charge in [0, 0.05) is 25.1 Å². The van der Waals surface area contributed by atoms with E-state index in [0.717, 1.165) is 30.0 Å². The highest BCUT2D eigenvalue weighted by Crippen LogP contribution is 2.23. The molecule has 1 N–H and O–H groups in total. The number of fused-ring (bicyclic) bond motifs is 1. The minimum atomic E-state index is 0.0139. The monoisotopic (exact) mass is 326 g/mol. The zero-order valence-electron chi connectivity index (χ0n) is 13.2. The molecule has 0 aromatic carbocycles. The Kier molecular flexibility index (Phi) is 3.75. The Morgan fingerprint density at radius 3 is 3.13 bits per heavy atom. The van der Waals surface area contributed by atoms with Crippen molar-refractivity contribution in [2.75, 3.05) is 6.54 Å². The van der Waals surface area contributed by atoms with E-state index in [0.29, 0.717) is 6.04 Å². The third-order valence-electron chi connectivity index (χ3n) is 4.72. The molecule has 0 amide bonds. The van der Waals surface area contributed by atoms with Crippen LogP contribution < -0.4 is 10.5 Å². The molecule has 3 aromatic rings. The molecule has 1 aliphatic heterocycles. The second-order valence-corrected chi connectivity index (χ2v) is 7.25. The third-order valence-corrected chi connectivity index (χ3v) is 5.70. The van der Waals surface area contributed by atoms with Gasteiger partial charge in [-0.2, -0.15) is 0 Å². The van der Waals surface area contributed by atoms with Crippen molar-refractivity contribution in [3.05, 3.63) is 68.4 Å². The lowest BCUT2D eigenvalue weighted by atomic mass is 10.2. The molecular formula is C18H20N3OS+. The van der Waals surface area contributed by atoms with Crippen LogP contribution in [-0.2, 0) is 6.54 Å². The van der Waals surface area contributed by atoms with E-state index < -0.39 is 0 Å². The van der Waals surface area contributed by atoms with E-state index in [4.69, 9.17) is 4.98 Å². The van der Waals surface area contributed by atoms with Gasteiger partial charge in [-0.15, -0.1) is 11.3 Å². The Hall–Kier alpha value is -1.98. The quantitative estimate of drug-likeness (QED) is 0.799. The van der Waals surface area contributed by atoms with Gasteiger partial charge in [-0.05, 0) is 30.0 Å². The number of hydrogen-bond donors (Lipinski definition) is 1. The van der Waals surface area contributed by atoms with Gasteiger partial charge in [0.2, 0.25) is 0 Å². The van der Waals surface area contributed by atoms with Crippen LogP contribution in [-0.4, -0.2) is 15.9 Å². The lowest BCUT2D eigenvalue weighted by Gasteiger charge is -2.20.